The first-order chi connectivity index (χ1) is 9.18. The fourth-order valence-electron chi connectivity index (χ4n) is 3.04. The molecule has 1 heterocycles. The lowest BCUT2D eigenvalue weighted by atomic mass is 9.95. The number of hydrogen-bond acceptors (Lipinski definition) is 3. The third-order valence-electron chi connectivity index (χ3n) is 4.17. The van der Waals surface area contributed by atoms with Crippen molar-refractivity contribution in [1.82, 2.24) is 4.90 Å². The highest BCUT2D eigenvalue weighted by molar-refractivity contribution is 7.99. The summed E-state index contributed by atoms with van der Waals surface area (Å²) in [5.41, 5.74) is 0. The molecule has 2 aliphatic rings. The van der Waals surface area contributed by atoms with E-state index in [1.165, 1.54) is 25.7 Å². The fraction of sp³-hybridized carbons (Fsp3) is 0.857. The number of carboxylic acid groups (broad SMARTS) is 1. The molecule has 1 atom stereocenters. The smallest absolute Gasteiger partial charge is 0.327 e. The predicted octanol–water partition coefficient (Wildman–Crippen LogP) is 2.38. The number of carbonyl (C=O) groups is 2. The highest BCUT2D eigenvalue weighted by Crippen LogP contribution is 2.27. The minimum atomic E-state index is -0.860. The van der Waals surface area contributed by atoms with E-state index < -0.39 is 12.0 Å². The number of amides is 1. The summed E-state index contributed by atoms with van der Waals surface area (Å²) in [6.07, 6.45) is 7.81. The summed E-state index contributed by atoms with van der Waals surface area (Å²) in [5.74, 6) is 1.06. The van der Waals surface area contributed by atoms with Crippen LogP contribution in [0.15, 0.2) is 0 Å². The maximum absolute atomic E-state index is 12.3. The second-order valence-electron chi connectivity index (χ2n) is 5.58. The molecule has 1 aliphatic heterocycles. The van der Waals surface area contributed by atoms with Gasteiger partial charge in [-0.05, 0) is 18.8 Å². The zero-order chi connectivity index (χ0) is 13.7. The van der Waals surface area contributed by atoms with Gasteiger partial charge in [0.05, 0.1) is 0 Å². The molecule has 108 valence electrons. The molecular weight excluding hydrogens is 262 g/mol. The summed E-state index contributed by atoms with van der Waals surface area (Å²) in [5, 5.41) is 9.20. The van der Waals surface area contributed by atoms with Crippen LogP contribution in [0.5, 0.6) is 0 Å². The van der Waals surface area contributed by atoms with E-state index in [4.69, 9.17) is 0 Å². The summed E-state index contributed by atoms with van der Waals surface area (Å²) in [4.78, 5) is 25.2. The van der Waals surface area contributed by atoms with E-state index in [-0.39, 0.29) is 5.91 Å². The third kappa shape index (κ3) is 4.13. The molecule has 4 nitrogen and oxygen atoms in total. The zero-order valence-electron chi connectivity index (χ0n) is 11.3. The van der Waals surface area contributed by atoms with Crippen molar-refractivity contribution in [3.05, 3.63) is 0 Å². The van der Waals surface area contributed by atoms with Gasteiger partial charge in [0.1, 0.15) is 6.04 Å². The molecule has 2 fully saturated rings. The minimum Gasteiger partial charge on any atom is -0.480 e. The topological polar surface area (TPSA) is 57.6 Å². The highest BCUT2D eigenvalue weighted by atomic mass is 32.2. The molecule has 1 amide bonds. The molecule has 0 radical (unpaired) electrons. The summed E-state index contributed by atoms with van der Waals surface area (Å²) in [6, 6.07) is -0.614. The SMILES string of the molecule is O=C(O)C1CSCCN1C(=O)CC1CCCCCC1. The Morgan fingerprint density at radius 3 is 2.47 bits per heavy atom. The molecular formula is C14H23NO3S. The number of thioether (sulfide) groups is 1. The van der Waals surface area contributed by atoms with Gasteiger partial charge < -0.3 is 10.0 Å². The Balaban J connectivity index is 1.91. The van der Waals surface area contributed by atoms with Crippen LogP contribution < -0.4 is 0 Å². The van der Waals surface area contributed by atoms with E-state index in [2.05, 4.69) is 0 Å². The average Bonchev–Trinajstić information content (AvgIpc) is 2.67. The molecule has 0 bridgehead atoms. The van der Waals surface area contributed by atoms with E-state index in [0.717, 1.165) is 18.6 Å². The summed E-state index contributed by atoms with van der Waals surface area (Å²) < 4.78 is 0. The van der Waals surface area contributed by atoms with E-state index in [9.17, 15) is 14.7 Å². The monoisotopic (exact) mass is 285 g/mol. The van der Waals surface area contributed by atoms with Crippen LogP contribution in [-0.4, -0.2) is 46.0 Å². The molecule has 19 heavy (non-hydrogen) atoms. The van der Waals surface area contributed by atoms with Crippen molar-refractivity contribution in [1.29, 1.82) is 0 Å². The first kappa shape index (κ1) is 14.7. The lowest BCUT2D eigenvalue weighted by molar-refractivity contribution is -0.149. The van der Waals surface area contributed by atoms with Gasteiger partial charge in [0.2, 0.25) is 5.91 Å². The van der Waals surface area contributed by atoms with Crippen LogP contribution >= 0.6 is 11.8 Å². The van der Waals surface area contributed by atoms with Crippen molar-refractivity contribution in [3.8, 4) is 0 Å². The molecule has 1 saturated carbocycles. The van der Waals surface area contributed by atoms with Crippen LogP contribution in [-0.2, 0) is 9.59 Å². The van der Waals surface area contributed by atoms with E-state index >= 15 is 0 Å². The van der Waals surface area contributed by atoms with Gasteiger partial charge in [0, 0.05) is 24.5 Å². The molecule has 1 unspecified atom stereocenters. The highest BCUT2D eigenvalue weighted by Gasteiger charge is 2.33. The largest absolute Gasteiger partial charge is 0.480 e. The molecule has 0 aromatic heterocycles. The average molecular weight is 285 g/mol. The van der Waals surface area contributed by atoms with Gasteiger partial charge in [-0.2, -0.15) is 11.8 Å². The van der Waals surface area contributed by atoms with Crippen LogP contribution in [0, 0.1) is 5.92 Å². The van der Waals surface area contributed by atoms with Crippen molar-refractivity contribution in [2.75, 3.05) is 18.1 Å². The Kier molecular flexibility index (Phi) is 5.55. The molecule has 0 aromatic rings. The van der Waals surface area contributed by atoms with Gasteiger partial charge in [-0.1, -0.05) is 25.7 Å². The van der Waals surface area contributed by atoms with Gasteiger partial charge in [0.25, 0.3) is 0 Å². The Morgan fingerprint density at radius 1 is 1.16 bits per heavy atom. The van der Waals surface area contributed by atoms with Crippen LogP contribution in [0.1, 0.15) is 44.9 Å². The predicted molar refractivity (Wildman–Crippen MR) is 76.3 cm³/mol. The summed E-state index contributed by atoms with van der Waals surface area (Å²) in [6.45, 7) is 0.590. The van der Waals surface area contributed by atoms with Gasteiger partial charge >= 0.3 is 5.97 Å². The molecule has 2 rings (SSSR count). The summed E-state index contributed by atoms with van der Waals surface area (Å²) in [7, 11) is 0. The Hall–Kier alpha value is -0.710. The van der Waals surface area contributed by atoms with Crippen LogP contribution in [0.4, 0.5) is 0 Å². The molecule has 5 heteroatoms. The van der Waals surface area contributed by atoms with Crippen LogP contribution in [0.3, 0.4) is 0 Å². The Bertz CT molecular complexity index is 327. The second kappa shape index (κ2) is 7.17. The molecule has 1 aliphatic carbocycles. The van der Waals surface area contributed by atoms with Crippen molar-refractivity contribution in [2.24, 2.45) is 5.92 Å². The second-order valence-corrected chi connectivity index (χ2v) is 6.73. The standard InChI is InChI=1S/C14H23NO3S/c16-13(9-11-5-3-1-2-4-6-11)15-7-8-19-10-12(15)14(17)18/h11-12H,1-10H2,(H,17,18). The van der Waals surface area contributed by atoms with E-state index in [1.807, 2.05) is 0 Å². The van der Waals surface area contributed by atoms with Gasteiger partial charge in [-0.25, -0.2) is 4.79 Å². The first-order valence-electron chi connectivity index (χ1n) is 7.28. The fourth-order valence-corrected chi connectivity index (χ4v) is 4.08. The third-order valence-corrected chi connectivity index (χ3v) is 5.19. The van der Waals surface area contributed by atoms with Crippen molar-refractivity contribution >= 4 is 23.6 Å². The maximum Gasteiger partial charge on any atom is 0.327 e. The summed E-state index contributed by atoms with van der Waals surface area (Å²) >= 11 is 1.63. The quantitative estimate of drug-likeness (QED) is 0.809. The van der Waals surface area contributed by atoms with Gasteiger partial charge in [-0.3, -0.25) is 4.79 Å². The number of carboxylic acids is 1. The molecule has 0 aromatic carbocycles. The maximum atomic E-state index is 12.3. The van der Waals surface area contributed by atoms with E-state index in [1.54, 1.807) is 16.7 Å². The van der Waals surface area contributed by atoms with Crippen LogP contribution in [0.2, 0.25) is 0 Å². The van der Waals surface area contributed by atoms with E-state index in [0.29, 0.717) is 24.6 Å². The van der Waals surface area contributed by atoms with Crippen molar-refractivity contribution in [3.63, 3.8) is 0 Å². The molecule has 1 saturated heterocycles. The Morgan fingerprint density at radius 2 is 1.84 bits per heavy atom. The number of aliphatic carboxylic acids is 1. The number of rotatable bonds is 3. The lowest BCUT2D eigenvalue weighted by Gasteiger charge is -2.33. The molecule has 1 N–H and O–H groups in total. The normalized spacial score (nSPS) is 25.9. The van der Waals surface area contributed by atoms with Crippen molar-refractivity contribution in [2.45, 2.75) is 51.0 Å². The first-order valence-corrected chi connectivity index (χ1v) is 8.44. The van der Waals surface area contributed by atoms with Gasteiger partial charge in [-0.15, -0.1) is 0 Å². The number of nitrogens with zero attached hydrogens (tertiary/aromatic N) is 1. The Labute approximate surface area is 118 Å². The lowest BCUT2D eigenvalue weighted by Crippen LogP contribution is -2.50. The zero-order valence-corrected chi connectivity index (χ0v) is 12.2. The minimum absolute atomic E-state index is 0.0552. The number of hydrogen-bond donors (Lipinski definition) is 1. The number of carbonyl (C=O) groups excluding carboxylic acids is 1. The molecule has 0 spiro atoms. The van der Waals surface area contributed by atoms with Gasteiger partial charge in [0.15, 0.2) is 0 Å². The van der Waals surface area contributed by atoms with Crippen molar-refractivity contribution < 1.29 is 14.7 Å². The van der Waals surface area contributed by atoms with Crippen LogP contribution in [0.25, 0.3) is 0 Å².